The van der Waals surface area contributed by atoms with Gasteiger partial charge in [0, 0.05) is 19.2 Å². The highest BCUT2D eigenvalue weighted by molar-refractivity contribution is 5.79. The van der Waals surface area contributed by atoms with Gasteiger partial charge in [-0.2, -0.15) is 0 Å². The van der Waals surface area contributed by atoms with Gasteiger partial charge in [-0.1, -0.05) is 44.9 Å². The van der Waals surface area contributed by atoms with Crippen LogP contribution in [0.3, 0.4) is 0 Å². The quantitative estimate of drug-likeness (QED) is 0.335. The molecule has 0 saturated carbocycles. The molecule has 2 N–H and O–H groups in total. The molecule has 0 atom stereocenters. The van der Waals surface area contributed by atoms with Crippen LogP contribution in [0.25, 0.3) is 0 Å². The highest BCUT2D eigenvalue weighted by Gasteiger charge is 2.12. The summed E-state index contributed by atoms with van der Waals surface area (Å²) in [4.78, 5) is 15.1. The number of rotatable bonds is 8. The monoisotopic (exact) mass is 306 g/mol. The fraction of sp³-hybridized carbons (Fsp3) is 0.562. The Kier molecular flexibility index (Phi) is 7.96. The van der Waals surface area contributed by atoms with Crippen molar-refractivity contribution in [3.63, 3.8) is 0 Å². The van der Waals surface area contributed by atoms with E-state index in [1.807, 2.05) is 6.92 Å². The summed E-state index contributed by atoms with van der Waals surface area (Å²) in [7, 11) is 0. The number of nitrogens with zero attached hydrogens (tertiary/aromatic N) is 2. The van der Waals surface area contributed by atoms with Crippen molar-refractivity contribution >= 4 is 11.6 Å². The molecule has 0 amide bonds. The first-order chi connectivity index (χ1) is 10.6. The van der Waals surface area contributed by atoms with E-state index in [9.17, 15) is 10.1 Å². The van der Waals surface area contributed by atoms with Gasteiger partial charge in [0.05, 0.1) is 17.0 Å². The Morgan fingerprint density at radius 2 is 1.91 bits per heavy atom. The number of hydrogen-bond donors (Lipinski definition) is 2. The number of nitro benzene ring substituents is 1. The van der Waals surface area contributed by atoms with Crippen LogP contribution in [0, 0.1) is 16.0 Å². The van der Waals surface area contributed by atoms with Gasteiger partial charge in [-0.05, 0) is 12.8 Å². The van der Waals surface area contributed by atoms with E-state index in [0.717, 1.165) is 25.9 Å². The zero-order valence-corrected chi connectivity index (χ0v) is 13.6. The molecule has 1 rings (SSSR count). The van der Waals surface area contributed by atoms with Crippen LogP contribution < -0.4 is 10.6 Å². The standard InChI is InChI=1S/C16H26N4O2/c1-4-13(5-2)11-18-16(17-6-3)19-12-14-9-7-8-10-15(14)20(21)22/h7-10,13H,4-6,11-12H2,1-3H3,(H2,17,18,19). The lowest BCUT2D eigenvalue weighted by Crippen LogP contribution is -2.39. The van der Waals surface area contributed by atoms with E-state index in [1.165, 1.54) is 6.07 Å². The van der Waals surface area contributed by atoms with E-state index in [4.69, 9.17) is 0 Å². The Hall–Kier alpha value is -2.11. The fourth-order valence-corrected chi connectivity index (χ4v) is 2.15. The molecule has 6 nitrogen and oxygen atoms in total. The average Bonchev–Trinajstić information content (AvgIpc) is 2.53. The summed E-state index contributed by atoms with van der Waals surface area (Å²) in [5.74, 6) is 1.31. The van der Waals surface area contributed by atoms with Crippen molar-refractivity contribution in [2.75, 3.05) is 13.1 Å². The molecule has 1 aromatic carbocycles. The second-order valence-corrected chi connectivity index (χ2v) is 5.14. The molecule has 0 bridgehead atoms. The van der Waals surface area contributed by atoms with Gasteiger partial charge in [0.15, 0.2) is 5.96 Å². The Balaban J connectivity index is 2.75. The fourth-order valence-electron chi connectivity index (χ4n) is 2.15. The predicted octanol–water partition coefficient (Wildman–Crippen LogP) is 3.09. The van der Waals surface area contributed by atoms with Crippen LogP contribution >= 0.6 is 0 Å². The molecule has 0 fully saturated rings. The van der Waals surface area contributed by atoms with Crippen LogP contribution in [0.1, 0.15) is 39.2 Å². The molecule has 0 aliphatic carbocycles. The van der Waals surface area contributed by atoms with E-state index in [2.05, 4.69) is 29.5 Å². The first-order valence-electron chi connectivity index (χ1n) is 7.86. The maximum atomic E-state index is 11.0. The summed E-state index contributed by atoms with van der Waals surface area (Å²) in [6.45, 7) is 8.25. The molecule has 0 unspecified atom stereocenters. The second kappa shape index (κ2) is 9.76. The molecule has 6 heteroatoms. The minimum absolute atomic E-state index is 0.113. The summed E-state index contributed by atoms with van der Waals surface area (Å²) < 4.78 is 0. The van der Waals surface area contributed by atoms with E-state index in [-0.39, 0.29) is 17.2 Å². The van der Waals surface area contributed by atoms with Crippen LogP contribution in [0.4, 0.5) is 5.69 Å². The molecule has 0 radical (unpaired) electrons. The van der Waals surface area contributed by atoms with Crippen molar-refractivity contribution in [2.45, 2.75) is 40.2 Å². The average molecular weight is 306 g/mol. The third-order valence-corrected chi connectivity index (χ3v) is 3.65. The summed E-state index contributed by atoms with van der Waals surface area (Å²) in [6.07, 6.45) is 2.24. The van der Waals surface area contributed by atoms with Crippen molar-refractivity contribution in [2.24, 2.45) is 10.9 Å². The number of guanidine groups is 1. The zero-order chi connectivity index (χ0) is 16.4. The SMILES string of the molecule is CCNC(=NCc1ccccc1[N+](=O)[O-])NCC(CC)CC. The van der Waals surface area contributed by atoms with Gasteiger partial charge in [0.2, 0.25) is 0 Å². The molecule has 1 aromatic rings. The molecule has 0 aliphatic heterocycles. The van der Waals surface area contributed by atoms with Crippen LogP contribution in [0.15, 0.2) is 29.3 Å². The van der Waals surface area contributed by atoms with Crippen LogP contribution in [0.2, 0.25) is 0 Å². The first kappa shape index (κ1) is 17.9. The number of para-hydroxylation sites is 1. The van der Waals surface area contributed by atoms with Crippen LogP contribution in [-0.4, -0.2) is 24.0 Å². The highest BCUT2D eigenvalue weighted by atomic mass is 16.6. The third-order valence-electron chi connectivity index (χ3n) is 3.65. The summed E-state index contributed by atoms with van der Waals surface area (Å²) in [6, 6.07) is 6.71. The molecule has 0 saturated heterocycles. The minimum atomic E-state index is -0.366. The summed E-state index contributed by atoms with van der Waals surface area (Å²) in [5, 5.41) is 17.5. The maximum absolute atomic E-state index is 11.0. The van der Waals surface area contributed by atoms with Crippen molar-refractivity contribution in [3.8, 4) is 0 Å². The van der Waals surface area contributed by atoms with E-state index >= 15 is 0 Å². The molecule has 0 aliphatic rings. The van der Waals surface area contributed by atoms with Gasteiger partial charge >= 0.3 is 0 Å². The van der Waals surface area contributed by atoms with E-state index < -0.39 is 0 Å². The topological polar surface area (TPSA) is 79.6 Å². The Bertz CT molecular complexity index is 499. The first-order valence-corrected chi connectivity index (χ1v) is 7.86. The Morgan fingerprint density at radius 3 is 2.50 bits per heavy atom. The van der Waals surface area contributed by atoms with Crippen molar-refractivity contribution in [1.29, 1.82) is 0 Å². The van der Waals surface area contributed by atoms with E-state index in [1.54, 1.807) is 18.2 Å². The number of nitro groups is 1. The number of nitrogens with one attached hydrogen (secondary N) is 2. The van der Waals surface area contributed by atoms with Gasteiger partial charge in [-0.3, -0.25) is 10.1 Å². The lowest BCUT2D eigenvalue weighted by atomic mass is 10.0. The highest BCUT2D eigenvalue weighted by Crippen LogP contribution is 2.18. The van der Waals surface area contributed by atoms with E-state index in [0.29, 0.717) is 17.4 Å². The Morgan fingerprint density at radius 1 is 1.23 bits per heavy atom. The molecule has 22 heavy (non-hydrogen) atoms. The van der Waals surface area contributed by atoms with Crippen LogP contribution in [0.5, 0.6) is 0 Å². The molecular weight excluding hydrogens is 280 g/mol. The number of benzene rings is 1. The second-order valence-electron chi connectivity index (χ2n) is 5.14. The van der Waals surface area contributed by atoms with Crippen LogP contribution in [-0.2, 0) is 6.54 Å². The number of hydrogen-bond acceptors (Lipinski definition) is 3. The molecular formula is C16H26N4O2. The third kappa shape index (κ3) is 5.71. The van der Waals surface area contributed by atoms with Crippen molar-refractivity contribution in [1.82, 2.24) is 10.6 Å². The Labute approximate surface area is 132 Å². The molecule has 122 valence electrons. The van der Waals surface area contributed by atoms with Crippen molar-refractivity contribution < 1.29 is 4.92 Å². The summed E-state index contributed by atoms with van der Waals surface area (Å²) in [5.41, 5.74) is 0.731. The van der Waals surface area contributed by atoms with Gasteiger partial charge in [-0.25, -0.2) is 4.99 Å². The van der Waals surface area contributed by atoms with Gasteiger partial charge in [0.25, 0.3) is 5.69 Å². The molecule has 0 spiro atoms. The lowest BCUT2D eigenvalue weighted by Gasteiger charge is -2.16. The maximum Gasteiger partial charge on any atom is 0.274 e. The zero-order valence-electron chi connectivity index (χ0n) is 13.6. The molecule has 0 heterocycles. The number of aliphatic imine (C=N–C) groups is 1. The largest absolute Gasteiger partial charge is 0.357 e. The summed E-state index contributed by atoms with van der Waals surface area (Å²) >= 11 is 0. The smallest absolute Gasteiger partial charge is 0.274 e. The van der Waals surface area contributed by atoms with Gasteiger partial charge < -0.3 is 10.6 Å². The normalized spacial score (nSPS) is 11.5. The minimum Gasteiger partial charge on any atom is -0.357 e. The van der Waals surface area contributed by atoms with Gasteiger partial charge in [0.1, 0.15) is 0 Å². The molecule has 0 aromatic heterocycles. The van der Waals surface area contributed by atoms with Gasteiger partial charge in [-0.15, -0.1) is 0 Å². The lowest BCUT2D eigenvalue weighted by molar-refractivity contribution is -0.385. The van der Waals surface area contributed by atoms with Crippen molar-refractivity contribution in [3.05, 3.63) is 39.9 Å². The predicted molar refractivity (Wildman–Crippen MR) is 90.0 cm³/mol.